The number of carbonyl (C=O) groups excluding carboxylic acids is 2. The average Bonchev–Trinajstić information content (AvgIpc) is 2.71. The number of hydrogen-bond acceptors (Lipinski definition) is 3. The Morgan fingerprint density at radius 1 is 1.11 bits per heavy atom. The second-order valence-corrected chi connectivity index (χ2v) is 7.75. The molecule has 1 N–H and O–H groups in total. The molecular weight excluding hydrogens is 340 g/mol. The minimum Gasteiger partial charge on any atom is -0.497 e. The van der Waals surface area contributed by atoms with Gasteiger partial charge in [0, 0.05) is 25.6 Å². The molecule has 2 fully saturated rings. The van der Waals surface area contributed by atoms with Gasteiger partial charge in [-0.2, -0.15) is 0 Å². The van der Waals surface area contributed by atoms with E-state index in [4.69, 9.17) is 4.74 Å². The first-order valence-corrected chi connectivity index (χ1v) is 10.4. The number of fused-ring (bicyclic) bond motifs is 1. The highest BCUT2D eigenvalue weighted by Gasteiger charge is 2.36. The maximum absolute atomic E-state index is 13.1. The van der Waals surface area contributed by atoms with Gasteiger partial charge in [-0.05, 0) is 56.2 Å². The molecule has 5 nitrogen and oxygen atoms in total. The highest BCUT2D eigenvalue weighted by molar-refractivity contribution is 5.82. The third-order valence-electron chi connectivity index (χ3n) is 5.95. The maximum atomic E-state index is 13.1. The highest BCUT2D eigenvalue weighted by Crippen LogP contribution is 2.30. The molecule has 2 aliphatic rings. The molecule has 1 heterocycles. The number of ether oxygens (including phenoxy) is 1. The SMILES string of the molecule is COc1ccc(CCC(=O)N2CCCCCNC(=O)[C@@H]3CCCC[C@@H]32)cc1. The van der Waals surface area contributed by atoms with Crippen molar-refractivity contribution in [3.8, 4) is 5.75 Å². The van der Waals surface area contributed by atoms with Crippen molar-refractivity contribution in [1.82, 2.24) is 10.2 Å². The molecule has 1 saturated carbocycles. The second kappa shape index (κ2) is 9.77. The van der Waals surface area contributed by atoms with Crippen molar-refractivity contribution in [1.29, 1.82) is 0 Å². The standard InChI is InChI=1S/C22H32N2O3/c1-27-18-12-9-17(10-13-18)11-14-21(25)24-16-6-2-5-15-23-22(26)19-7-3-4-8-20(19)24/h9-10,12-13,19-20H,2-8,11,14-16H2,1H3,(H,23,26)/t19-,20+/m1/s1. The predicted molar refractivity (Wildman–Crippen MR) is 106 cm³/mol. The predicted octanol–water partition coefficient (Wildman–Crippen LogP) is 3.32. The zero-order valence-electron chi connectivity index (χ0n) is 16.4. The van der Waals surface area contributed by atoms with E-state index in [1.54, 1.807) is 7.11 Å². The quantitative estimate of drug-likeness (QED) is 0.882. The van der Waals surface area contributed by atoms with Gasteiger partial charge >= 0.3 is 0 Å². The van der Waals surface area contributed by atoms with Gasteiger partial charge in [0.15, 0.2) is 0 Å². The van der Waals surface area contributed by atoms with Crippen LogP contribution >= 0.6 is 0 Å². The van der Waals surface area contributed by atoms with Crippen molar-refractivity contribution >= 4 is 11.8 Å². The molecule has 27 heavy (non-hydrogen) atoms. The number of carbonyl (C=O) groups is 2. The first-order valence-electron chi connectivity index (χ1n) is 10.4. The molecule has 1 aromatic rings. The summed E-state index contributed by atoms with van der Waals surface area (Å²) in [5.41, 5.74) is 1.14. The lowest BCUT2D eigenvalue weighted by atomic mass is 9.82. The van der Waals surface area contributed by atoms with E-state index >= 15 is 0 Å². The van der Waals surface area contributed by atoms with E-state index in [2.05, 4.69) is 5.32 Å². The third kappa shape index (κ3) is 5.24. The topological polar surface area (TPSA) is 58.6 Å². The van der Waals surface area contributed by atoms with E-state index < -0.39 is 0 Å². The number of nitrogens with zero attached hydrogens (tertiary/aromatic N) is 1. The molecule has 1 aliphatic heterocycles. The Bertz CT molecular complexity index is 629. The van der Waals surface area contributed by atoms with Crippen LogP contribution in [-0.2, 0) is 16.0 Å². The van der Waals surface area contributed by atoms with Crippen molar-refractivity contribution in [2.45, 2.75) is 63.8 Å². The van der Waals surface area contributed by atoms with Gasteiger partial charge in [-0.1, -0.05) is 25.0 Å². The number of hydrogen-bond donors (Lipinski definition) is 1. The van der Waals surface area contributed by atoms with Crippen LogP contribution in [0.1, 0.15) is 56.9 Å². The number of nitrogens with one attached hydrogen (secondary N) is 1. The number of rotatable bonds is 4. The van der Waals surface area contributed by atoms with E-state index in [0.29, 0.717) is 6.42 Å². The van der Waals surface area contributed by atoms with Crippen molar-refractivity contribution in [3.63, 3.8) is 0 Å². The van der Waals surface area contributed by atoms with Crippen molar-refractivity contribution in [2.75, 3.05) is 20.2 Å². The molecule has 0 spiro atoms. The molecule has 1 saturated heterocycles. The van der Waals surface area contributed by atoms with E-state index in [9.17, 15) is 9.59 Å². The molecule has 5 heteroatoms. The van der Waals surface area contributed by atoms with Gasteiger partial charge in [0.05, 0.1) is 13.0 Å². The maximum Gasteiger partial charge on any atom is 0.225 e. The Labute approximate surface area is 162 Å². The van der Waals surface area contributed by atoms with E-state index in [1.165, 1.54) is 0 Å². The first-order chi connectivity index (χ1) is 13.2. The van der Waals surface area contributed by atoms with E-state index in [-0.39, 0.29) is 23.8 Å². The number of benzene rings is 1. The highest BCUT2D eigenvalue weighted by atomic mass is 16.5. The molecule has 3 rings (SSSR count). The average molecular weight is 373 g/mol. The smallest absolute Gasteiger partial charge is 0.225 e. The van der Waals surface area contributed by atoms with Crippen LogP contribution in [0.25, 0.3) is 0 Å². The van der Waals surface area contributed by atoms with Crippen molar-refractivity contribution in [3.05, 3.63) is 29.8 Å². The zero-order valence-corrected chi connectivity index (χ0v) is 16.4. The van der Waals surface area contributed by atoms with Gasteiger partial charge in [0.2, 0.25) is 11.8 Å². The summed E-state index contributed by atoms with van der Waals surface area (Å²) in [6.45, 7) is 1.56. The van der Waals surface area contributed by atoms with Crippen molar-refractivity contribution < 1.29 is 14.3 Å². The second-order valence-electron chi connectivity index (χ2n) is 7.75. The molecule has 2 amide bonds. The van der Waals surface area contributed by atoms with Crippen LogP contribution in [0.15, 0.2) is 24.3 Å². The van der Waals surface area contributed by atoms with Gasteiger partial charge in [-0.25, -0.2) is 0 Å². The van der Waals surface area contributed by atoms with Crippen LogP contribution in [-0.4, -0.2) is 43.0 Å². The minimum absolute atomic E-state index is 0.0400. The molecule has 1 aliphatic carbocycles. The Kier molecular flexibility index (Phi) is 7.13. The van der Waals surface area contributed by atoms with Gasteiger partial charge in [0.1, 0.15) is 5.75 Å². The summed E-state index contributed by atoms with van der Waals surface area (Å²) in [5, 5.41) is 3.09. The third-order valence-corrected chi connectivity index (χ3v) is 5.95. The number of aryl methyl sites for hydroxylation is 1. The van der Waals surface area contributed by atoms with Crippen LogP contribution in [0.3, 0.4) is 0 Å². The summed E-state index contributed by atoms with van der Waals surface area (Å²) in [4.78, 5) is 27.7. The number of amides is 2. The molecule has 0 unspecified atom stereocenters. The molecule has 0 aromatic heterocycles. The van der Waals surface area contributed by atoms with E-state index in [0.717, 1.165) is 75.8 Å². The molecule has 0 bridgehead atoms. The lowest BCUT2D eigenvalue weighted by molar-refractivity contribution is -0.139. The van der Waals surface area contributed by atoms with Gasteiger partial charge in [-0.15, -0.1) is 0 Å². The van der Waals surface area contributed by atoms with E-state index in [1.807, 2.05) is 29.2 Å². The Morgan fingerprint density at radius 3 is 2.67 bits per heavy atom. The van der Waals surface area contributed by atoms with Gasteiger partial charge in [-0.3, -0.25) is 9.59 Å². The Hall–Kier alpha value is -2.04. The minimum atomic E-state index is -0.0400. The summed E-state index contributed by atoms with van der Waals surface area (Å²) < 4.78 is 5.19. The lowest BCUT2D eigenvalue weighted by Gasteiger charge is -2.40. The zero-order chi connectivity index (χ0) is 19.1. The monoisotopic (exact) mass is 372 g/mol. The molecule has 2 atom stereocenters. The summed E-state index contributed by atoms with van der Waals surface area (Å²) in [5.74, 6) is 1.13. The summed E-state index contributed by atoms with van der Waals surface area (Å²) in [6, 6.07) is 7.98. The first kappa shape index (κ1) is 19.7. The summed E-state index contributed by atoms with van der Waals surface area (Å²) >= 11 is 0. The van der Waals surface area contributed by atoms with Gasteiger partial charge < -0.3 is 15.0 Å². The molecular formula is C22H32N2O3. The molecule has 1 aromatic carbocycles. The fourth-order valence-electron chi connectivity index (χ4n) is 4.38. The van der Waals surface area contributed by atoms with Crippen LogP contribution in [0.2, 0.25) is 0 Å². The van der Waals surface area contributed by atoms with Crippen LogP contribution < -0.4 is 10.1 Å². The normalized spacial score (nSPS) is 23.9. The Morgan fingerprint density at radius 2 is 1.89 bits per heavy atom. The van der Waals surface area contributed by atoms with Crippen LogP contribution in [0.5, 0.6) is 5.75 Å². The number of methoxy groups -OCH3 is 1. The van der Waals surface area contributed by atoms with Crippen LogP contribution in [0.4, 0.5) is 0 Å². The summed E-state index contributed by atoms with van der Waals surface area (Å²) in [7, 11) is 1.65. The fourth-order valence-corrected chi connectivity index (χ4v) is 4.38. The van der Waals surface area contributed by atoms with Crippen molar-refractivity contribution in [2.24, 2.45) is 5.92 Å². The lowest BCUT2D eigenvalue weighted by Crippen LogP contribution is -2.51. The molecule has 148 valence electrons. The van der Waals surface area contributed by atoms with Crippen LogP contribution in [0, 0.1) is 5.92 Å². The van der Waals surface area contributed by atoms with Gasteiger partial charge in [0.25, 0.3) is 0 Å². The Balaban J connectivity index is 1.67. The fraction of sp³-hybridized carbons (Fsp3) is 0.636. The molecule has 0 radical (unpaired) electrons. The largest absolute Gasteiger partial charge is 0.497 e. The summed E-state index contributed by atoms with van der Waals surface area (Å²) in [6.07, 6.45) is 8.34.